The summed E-state index contributed by atoms with van der Waals surface area (Å²) in [6.45, 7) is 4.41. The number of hydrogen-bond donors (Lipinski definition) is 0. The van der Waals surface area contributed by atoms with Crippen molar-refractivity contribution >= 4 is 45.8 Å². The number of hydrogen-bond acceptors (Lipinski definition) is 5. The molecule has 1 saturated heterocycles. The average Bonchev–Trinajstić information content (AvgIpc) is 3.32. The smallest absolute Gasteiger partial charge is 0.279 e. The van der Waals surface area contributed by atoms with Crippen LogP contribution in [-0.2, 0) is 16.1 Å². The van der Waals surface area contributed by atoms with Gasteiger partial charge in [0.1, 0.15) is 0 Å². The molecule has 0 N–H and O–H groups in total. The van der Waals surface area contributed by atoms with E-state index in [0.717, 1.165) is 33.6 Å². The van der Waals surface area contributed by atoms with E-state index in [1.807, 2.05) is 86.6 Å². The number of amidine groups is 1. The Labute approximate surface area is 196 Å². The van der Waals surface area contributed by atoms with Crippen LogP contribution in [0.15, 0.2) is 83.0 Å². The van der Waals surface area contributed by atoms with Gasteiger partial charge in [-0.2, -0.15) is 0 Å². The topological polar surface area (TPSA) is 65.3 Å². The highest BCUT2D eigenvalue weighted by atomic mass is 32.2. The lowest BCUT2D eigenvalue weighted by Gasteiger charge is -2.18. The second kappa shape index (κ2) is 8.67. The van der Waals surface area contributed by atoms with Crippen molar-refractivity contribution in [3.05, 3.63) is 95.1 Å². The Morgan fingerprint density at radius 2 is 1.64 bits per heavy atom. The molecule has 0 unspecified atom stereocenters. The van der Waals surface area contributed by atoms with Gasteiger partial charge in [-0.1, -0.05) is 72.4 Å². The third-order valence-electron chi connectivity index (χ3n) is 5.69. The largest absolute Gasteiger partial charge is 0.302 e. The number of fused-ring (bicyclic) bond motifs is 1. The molecule has 0 bridgehead atoms. The van der Waals surface area contributed by atoms with Crippen LogP contribution in [0.2, 0.25) is 0 Å². The van der Waals surface area contributed by atoms with Crippen LogP contribution < -0.4 is 9.80 Å². The summed E-state index contributed by atoms with van der Waals surface area (Å²) in [5.74, 6) is 0.0513. The van der Waals surface area contributed by atoms with Crippen molar-refractivity contribution in [3.8, 4) is 0 Å². The molecule has 1 fully saturated rings. The van der Waals surface area contributed by atoms with E-state index in [-0.39, 0.29) is 17.5 Å². The van der Waals surface area contributed by atoms with Crippen LogP contribution in [-0.4, -0.2) is 28.4 Å². The first-order valence-electron chi connectivity index (χ1n) is 10.7. The number of thioether (sulfide) groups is 1. The first kappa shape index (κ1) is 21.2. The predicted molar refractivity (Wildman–Crippen MR) is 134 cm³/mol. The maximum Gasteiger partial charge on any atom is 0.279 e. The Hall–Kier alpha value is -3.71. The van der Waals surface area contributed by atoms with Crippen LogP contribution in [0.5, 0.6) is 0 Å². The maximum atomic E-state index is 13.3. The summed E-state index contributed by atoms with van der Waals surface area (Å²) in [7, 11) is 0. The van der Waals surface area contributed by atoms with Crippen molar-refractivity contribution in [2.24, 2.45) is 10.2 Å². The Morgan fingerprint density at radius 1 is 0.879 bits per heavy atom. The molecule has 6 nitrogen and oxygen atoms in total. The molecule has 0 saturated carbocycles. The number of carbonyl (C=O) groups excluding carboxylic acids is 2. The molecular weight excluding hydrogens is 432 g/mol. The van der Waals surface area contributed by atoms with E-state index in [2.05, 4.69) is 10.2 Å². The molecule has 3 aromatic rings. The van der Waals surface area contributed by atoms with Crippen LogP contribution in [0.3, 0.4) is 0 Å². The Balaban J connectivity index is 1.51. The summed E-state index contributed by atoms with van der Waals surface area (Å²) >= 11 is 1.33. The molecule has 164 valence electrons. The van der Waals surface area contributed by atoms with Crippen molar-refractivity contribution in [1.82, 2.24) is 0 Å². The minimum Gasteiger partial charge on any atom is -0.302 e. The fourth-order valence-electron chi connectivity index (χ4n) is 4.01. The molecule has 5 rings (SSSR count). The standard InChI is InChI=1S/C26H22N4O2S/c1-17-12-13-18(2)22(14-17)30-23(31)16-33-26(30)28-27-24-20-10-6-7-11-21(20)29(25(24)32)15-19-8-4-3-5-9-19/h3-14H,15-16H2,1-2H3/b27-24+,28-26-. The fourth-order valence-corrected chi connectivity index (χ4v) is 4.82. The van der Waals surface area contributed by atoms with Crippen LogP contribution in [0, 0.1) is 13.8 Å². The monoisotopic (exact) mass is 454 g/mol. The highest BCUT2D eigenvalue weighted by Crippen LogP contribution is 2.32. The van der Waals surface area contributed by atoms with Crippen molar-refractivity contribution in [3.63, 3.8) is 0 Å². The predicted octanol–water partition coefficient (Wildman–Crippen LogP) is 4.69. The first-order chi connectivity index (χ1) is 16.0. The summed E-state index contributed by atoms with van der Waals surface area (Å²) < 4.78 is 0. The maximum absolute atomic E-state index is 13.3. The third-order valence-corrected chi connectivity index (χ3v) is 6.60. The molecule has 0 aromatic heterocycles. The molecule has 7 heteroatoms. The van der Waals surface area contributed by atoms with E-state index in [4.69, 9.17) is 0 Å². The summed E-state index contributed by atoms with van der Waals surface area (Å²) in [4.78, 5) is 29.3. The number of anilines is 2. The van der Waals surface area contributed by atoms with Crippen molar-refractivity contribution in [1.29, 1.82) is 0 Å². The lowest BCUT2D eigenvalue weighted by atomic mass is 10.1. The average molecular weight is 455 g/mol. The van der Waals surface area contributed by atoms with Gasteiger partial charge >= 0.3 is 0 Å². The Kier molecular flexibility index (Phi) is 5.56. The van der Waals surface area contributed by atoms with Gasteiger partial charge in [-0.25, -0.2) is 0 Å². The molecule has 0 aliphatic carbocycles. The van der Waals surface area contributed by atoms with Gasteiger partial charge in [-0.15, -0.1) is 10.2 Å². The van der Waals surface area contributed by atoms with Crippen LogP contribution in [0.4, 0.5) is 11.4 Å². The highest BCUT2D eigenvalue weighted by molar-refractivity contribution is 8.15. The van der Waals surface area contributed by atoms with E-state index in [1.165, 1.54) is 11.8 Å². The zero-order valence-corrected chi connectivity index (χ0v) is 19.2. The summed E-state index contributed by atoms with van der Waals surface area (Å²) in [6, 6.07) is 23.4. The van der Waals surface area contributed by atoms with Crippen molar-refractivity contribution in [2.75, 3.05) is 15.6 Å². The molecule has 33 heavy (non-hydrogen) atoms. The molecule has 0 atom stereocenters. The molecular formula is C26H22N4O2S. The van der Waals surface area contributed by atoms with E-state index in [9.17, 15) is 9.59 Å². The normalized spacial score (nSPS) is 18.0. The van der Waals surface area contributed by atoms with Gasteiger partial charge in [-0.05, 0) is 42.7 Å². The number of aryl methyl sites for hydroxylation is 2. The number of carbonyl (C=O) groups is 2. The molecule has 0 spiro atoms. The first-order valence-corrected chi connectivity index (χ1v) is 11.7. The minimum atomic E-state index is -0.197. The van der Waals surface area contributed by atoms with Gasteiger partial charge in [0.15, 0.2) is 10.9 Å². The molecule has 2 heterocycles. The Bertz CT molecular complexity index is 1320. The SMILES string of the molecule is Cc1ccc(C)c(N2C(=O)CS/C2=N\N=C2\C(=O)N(Cc3ccccc3)c3ccccc32)c1. The van der Waals surface area contributed by atoms with Crippen molar-refractivity contribution < 1.29 is 9.59 Å². The summed E-state index contributed by atoms with van der Waals surface area (Å²) in [5.41, 5.74) is 5.71. The molecule has 2 aliphatic heterocycles. The second-order valence-corrected chi connectivity index (χ2v) is 8.98. The van der Waals surface area contributed by atoms with Gasteiger partial charge in [0.2, 0.25) is 5.91 Å². The van der Waals surface area contributed by atoms with E-state index < -0.39 is 0 Å². The van der Waals surface area contributed by atoms with E-state index >= 15 is 0 Å². The number of para-hydroxylation sites is 1. The molecule has 2 amide bonds. The van der Waals surface area contributed by atoms with E-state index in [1.54, 1.807) is 9.80 Å². The zero-order valence-electron chi connectivity index (χ0n) is 18.4. The highest BCUT2D eigenvalue weighted by Gasteiger charge is 2.35. The molecule has 3 aromatic carbocycles. The molecule has 0 radical (unpaired) electrons. The van der Waals surface area contributed by atoms with Crippen LogP contribution >= 0.6 is 11.8 Å². The minimum absolute atomic E-state index is 0.0449. The quantitative estimate of drug-likeness (QED) is 0.537. The van der Waals surface area contributed by atoms with Gasteiger partial charge in [0.25, 0.3) is 5.91 Å². The summed E-state index contributed by atoms with van der Waals surface area (Å²) in [6.07, 6.45) is 0. The number of nitrogens with zero attached hydrogens (tertiary/aromatic N) is 4. The van der Waals surface area contributed by atoms with Gasteiger partial charge < -0.3 is 4.90 Å². The fraction of sp³-hybridized carbons (Fsp3) is 0.154. The lowest BCUT2D eigenvalue weighted by Crippen LogP contribution is -2.30. The zero-order chi connectivity index (χ0) is 22.9. The van der Waals surface area contributed by atoms with E-state index in [0.29, 0.717) is 17.5 Å². The summed E-state index contributed by atoms with van der Waals surface area (Å²) in [5, 5.41) is 9.26. The second-order valence-electron chi connectivity index (χ2n) is 8.03. The number of benzene rings is 3. The van der Waals surface area contributed by atoms with Gasteiger partial charge in [0.05, 0.1) is 23.7 Å². The number of amides is 2. The Morgan fingerprint density at radius 3 is 2.45 bits per heavy atom. The van der Waals surface area contributed by atoms with Gasteiger partial charge in [-0.3, -0.25) is 14.5 Å². The van der Waals surface area contributed by atoms with Crippen molar-refractivity contribution in [2.45, 2.75) is 20.4 Å². The van der Waals surface area contributed by atoms with Crippen LogP contribution in [0.25, 0.3) is 0 Å². The molecule has 2 aliphatic rings. The van der Waals surface area contributed by atoms with Crippen LogP contribution in [0.1, 0.15) is 22.3 Å². The number of rotatable bonds is 4. The third kappa shape index (κ3) is 3.96. The van der Waals surface area contributed by atoms with Gasteiger partial charge in [0, 0.05) is 5.56 Å². The lowest BCUT2D eigenvalue weighted by molar-refractivity contribution is -0.115.